The number of hydrogen-bond acceptors (Lipinski definition) is 5. The first-order valence-electron chi connectivity index (χ1n) is 10.8. The third-order valence-electron chi connectivity index (χ3n) is 5.89. The van der Waals surface area contributed by atoms with E-state index in [4.69, 9.17) is 13.9 Å². The number of amides is 4. The fourth-order valence-corrected chi connectivity index (χ4v) is 3.93. The molecule has 2 aliphatic rings. The van der Waals surface area contributed by atoms with Gasteiger partial charge in [-0.3, -0.25) is 0 Å². The maximum atomic E-state index is 11.3. The Labute approximate surface area is 182 Å². The molecule has 0 atom stereocenters. The van der Waals surface area contributed by atoms with Crippen molar-refractivity contribution < 1.29 is 23.5 Å². The molecule has 4 amide bonds. The molecule has 30 heavy (non-hydrogen) atoms. The Bertz CT molecular complexity index is 538. The van der Waals surface area contributed by atoms with E-state index in [1.54, 1.807) is 19.1 Å². The molecule has 0 spiro atoms. The average Bonchev–Trinajstić information content (AvgIpc) is 3.27. The summed E-state index contributed by atoms with van der Waals surface area (Å²) in [5.41, 5.74) is 0. The fraction of sp³-hybridized carbons (Fsp3) is 0.900. The summed E-state index contributed by atoms with van der Waals surface area (Å²) in [5, 5.41) is 5.80. The van der Waals surface area contributed by atoms with Crippen molar-refractivity contribution >= 4 is 20.4 Å². The highest BCUT2D eigenvalue weighted by molar-refractivity contribution is 6.74. The molecule has 176 valence electrons. The van der Waals surface area contributed by atoms with Gasteiger partial charge in [-0.25, -0.2) is 9.59 Å². The standard InChI is InChI=1S/C12H26N2O2Si.C8H16N2O3/c1-12(2,3)17(4,5)16-10-6-8-14-9-7-13-11(14)15;1-12-7(13-2)3-5-10-6-4-9-8(10)11/h6-10H2,1-5H3,(H,13,15);7H,3-6H2,1-2H3,(H,9,11). The number of methoxy groups -OCH3 is 2. The van der Waals surface area contributed by atoms with E-state index >= 15 is 0 Å². The topological polar surface area (TPSA) is 92.4 Å². The lowest BCUT2D eigenvalue weighted by Gasteiger charge is -2.36. The van der Waals surface area contributed by atoms with Gasteiger partial charge in [-0.05, 0) is 24.6 Å². The molecular weight excluding hydrogens is 404 g/mol. The highest BCUT2D eigenvalue weighted by Gasteiger charge is 2.36. The SMILES string of the molecule is CC(C)(C)[Si](C)(C)OCCCN1CCNC1=O.COC(CCN1CCNC1=O)OC. The van der Waals surface area contributed by atoms with Gasteiger partial charge in [-0.2, -0.15) is 0 Å². The molecule has 0 radical (unpaired) electrons. The highest BCUT2D eigenvalue weighted by Crippen LogP contribution is 2.36. The van der Waals surface area contributed by atoms with Gasteiger partial charge in [0.05, 0.1) is 0 Å². The van der Waals surface area contributed by atoms with Crippen LogP contribution >= 0.6 is 0 Å². The summed E-state index contributed by atoms with van der Waals surface area (Å²) in [5.74, 6) is 0. The van der Waals surface area contributed by atoms with Crippen molar-refractivity contribution in [3.05, 3.63) is 0 Å². The molecule has 2 aliphatic heterocycles. The van der Waals surface area contributed by atoms with E-state index in [2.05, 4.69) is 44.5 Å². The fourth-order valence-electron chi connectivity index (χ4n) is 2.84. The minimum Gasteiger partial charge on any atom is -0.417 e. The number of carbonyl (C=O) groups is 2. The Hall–Kier alpha value is -1.36. The van der Waals surface area contributed by atoms with Gasteiger partial charge in [0.25, 0.3) is 0 Å². The van der Waals surface area contributed by atoms with Crippen LogP contribution in [0.3, 0.4) is 0 Å². The Morgan fingerprint density at radius 3 is 1.87 bits per heavy atom. The molecule has 2 N–H and O–H groups in total. The Kier molecular flexibility index (Phi) is 11.1. The number of urea groups is 2. The van der Waals surface area contributed by atoms with Gasteiger partial charge in [-0.15, -0.1) is 0 Å². The second-order valence-corrected chi connectivity index (χ2v) is 13.9. The predicted molar refractivity (Wildman–Crippen MR) is 120 cm³/mol. The van der Waals surface area contributed by atoms with Crippen molar-refractivity contribution in [2.45, 2.75) is 58.0 Å². The maximum absolute atomic E-state index is 11.3. The molecule has 0 unspecified atom stereocenters. The number of nitrogens with zero attached hydrogens (tertiary/aromatic N) is 2. The highest BCUT2D eigenvalue weighted by atomic mass is 28.4. The molecule has 2 fully saturated rings. The van der Waals surface area contributed by atoms with Crippen LogP contribution < -0.4 is 10.6 Å². The van der Waals surface area contributed by atoms with Gasteiger partial charge in [0.2, 0.25) is 0 Å². The summed E-state index contributed by atoms with van der Waals surface area (Å²) in [6, 6.07) is 0.0725. The van der Waals surface area contributed by atoms with Crippen molar-refractivity contribution in [3.8, 4) is 0 Å². The lowest BCUT2D eigenvalue weighted by atomic mass is 10.2. The van der Waals surface area contributed by atoms with Crippen LogP contribution in [0.15, 0.2) is 0 Å². The van der Waals surface area contributed by atoms with Gasteiger partial charge in [-0.1, -0.05) is 20.8 Å². The molecule has 2 rings (SSSR count). The van der Waals surface area contributed by atoms with Gasteiger partial charge < -0.3 is 34.3 Å². The first-order valence-corrected chi connectivity index (χ1v) is 13.7. The Morgan fingerprint density at radius 1 is 0.967 bits per heavy atom. The first kappa shape index (κ1) is 26.7. The van der Waals surface area contributed by atoms with Gasteiger partial charge in [0.15, 0.2) is 14.6 Å². The van der Waals surface area contributed by atoms with Crippen molar-refractivity contribution in [2.75, 3.05) is 60.1 Å². The zero-order valence-corrected chi connectivity index (χ0v) is 20.9. The summed E-state index contributed by atoms with van der Waals surface area (Å²) >= 11 is 0. The minimum absolute atomic E-state index is 0.00551. The second-order valence-electron chi connectivity index (χ2n) is 9.09. The summed E-state index contributed by atoms with van der Waals surface area (Å²) in [7, 11) is 1.57. The molecule has 10 heteroatoms. The molecule has 9 nitrogen and oxygen atoms in total. The largest absolute Gasteiger partial charge is 0.417 e. The van der Waals surface area contributed by atoms with E-state index in [-0.39, 0.29) is 23.4 Å². The van der Waals surface area contributed by atoms with E-state index < -0.39 is 8.32 Å². The van der Waals surface area contributed by atoms with Crippen LogP contribution in [0, 0.1) is 0 Å². The van der Waals surface area contributed by atoms with Gasteiger partial charge in [0.1, 0.15) is 0 Å². The third kappa shape index (κ3) is 8.79. The van der Waals surface area contributed by atoms with Crippen LogP contribution in [-0.2, 0) is 13.9 Å². The number of carbonyl (C=O) groups excluding carboxylic acids is 2. The molecule has 0 aromatic rings. The predicted octanol–water partition coefficient (Wildman–Crippen LogP) is 2.44. The van der Waals surface area contributed by atoms with E-state index in [1.165, 1.54) is 0 Å². The maximum Gasteiger partial charge on any atom is 0.317 e. The molecule has 2 saturated heterocycles. The van der Waals surface area contributed by atoms with Crippen molar-refractivity contribution in [3.63, 3.8) is 0 Å². The zero-order valence-electron chi connectivity index (χ0n) is 19.9. The van der Waals surface area contributed by atoms with Crippen LogP contribution in [0.5, 0.6) is 0 Å². The number of hydrogen-bond donors (Lipinski definition) is 2. The van der Waals surface area contributed by atoms with Gasteiger partial charge in [0, 0.05) is 66.5 Å². The van der Waals surface area contributed by atoms with Crippen LogP contribution in [0.2, 0.25) is 18.1 Å². The number of ether oxygens (including phenoxy) is 2. The summed E-state index contributed by atoms with van der Waals surface area (Å²) < 4.78 is 16.1. The quantitative estimate of drug-likeness (QED) is 0.305. The number of rotatable bonds is 10. The zero-order chi connectivity index (χ0) is 22.8. The van der Waals surface area contributed by atoms with E-state index in [0.29, 0.717) is 13.0 Å². The summed E-state index contributed by atoms with van der Waals surface area (Å²) in [6.07, 6.45) is 1.42. The van der Waals surface area contributed by atoms with Crippen LogP contribution in [0.4, 0.5) is 9.59 Å². The smallest absolute Gasteiger partial charge is 0.317 e. The number of nitrogens with one attached hydrogen (secondary N) is 2. The summed E-state index contributed by atoms with van der Waals surface area (Å²) in [6.45, 7) is 16.6. The van der Waals surface area contributed by atoms with Crippen molar-refractivity contribution in [1.29, 1.82) is 0 Å². The van der Waals surface area contributed by atoms with Crippen LogP contribution in [0.25, 0.3) is 0 Å². The Morgan fingerprint density at radius 2 is 1.47 bits per heavy atom. The van der Waals surface area contributed by atoms with Crippen LogP contribution in [-0.4, -0.2) is 96.6 Å². The molecular formula is C20H42N4O5Si. The van der Waals surface area contributed by atoms with E-state index in [9.17, 15) is 9.59 Å². The minimum atomic E-state index is -1.62. The molecule has 2 heterocycles. The first-order chi connectivity index (χ1) is 14.0. The molecule has 0 bridgehead atoms. The van der Waals surface area contributed by atoms with Crippen LogP contribution in [0.1, 0.15) is 33.6 Å². The van der Waals surface area contributed by atoms with Gasteiger partial charge >= 0.3 is 12.1 Å². The molecule has 0 aromatic heterocycles. The molecule has 0 aliphatic carbocycles. The lowest BCUT2D eigenvalue weighted by Crippen LogP contribution is -2.41. The molecule has 0 aromatic carbocycles. The average molecular weight is 447 g/mol. The summed E-state index contributed by atoms with van der Waals surface area (Å²) in [4.78, 5) is 26.0. The monoisotopic (exact) mass is 446 g/mol. The Balaban J connectivity index is 0.000000311. The normalized spacial score (nSPS) is 17.2. The lowest BCUT2D eigenvalue weighted by molar-refractivity contribution is -0.107. The van der Waals surface area contributed by atoms with Crippen molar-refractivity contribution in [2.24, 2.45) is 0 Å². The van der Waals surface area contributed by atoms with E-state index in [0.717, 1.165) is 45.8 Å². The van der Waals surface area contributed by atoms with Crippen molar-refractivity contribution in [1.82, 2.24) is 20.4 Å². The molecule has 0 saturated carbocycles. The third-order valence-corrected chi connectivity index (χ3v) is 10.4. The second kappa shape index (κ2) is 12.5. The van der Waals surface area contributed by atoms with E-state index in [1.807, 2.05) is 4.90 Å².